The van der Waals surface area contributed by atoms with Gasteiger partial charge in [0.15, 0.2) is 0 Å². The van der Waals surface area contributed by atoms with Crippen LogP contribution in [0.1, 0.15) is 26.2 Å². The van der Waals surface area contributed by atoms with Gasteiger partial charge in [0.2, 0.25) is 0 Å². The predicted molar refractivity (Wildman–Crippen MR) is 74.5 cm³/mol. The third-order valence-corrected chi connectivity index (χ3v) is 6.38. The Bertz CT molecular complexity index is 286. The summed E-state index contributed by atoms with van der Waals surface area (Å²) in [6, 6.07) is 0.827. The Morgan fingerprint density at radius 2 is 2.24 bits per heavy atom. The van der Waals surface area contributed by atoms with Gasteiger partial charge < -0.3 is 5.73 Å². The molecule has 0 aromatic heterocycles. The van der Waals surface area contributed by atoms with Gasteiger partial charge in [-0.25, -0.2) is 0 Å². The molecule has 3 heterocycles. The molecule has 2 N–H and O–H groups in total. The zero-order valence-electron chi connectivity index (χ0n) is 10.9. The van der Waals surface area contributed by atoms with Gasteiger partial charge in [0.05, 0.1) is 0 Å². The largest absolute Gasteiger partial charge is 0.329 e. The number of hydrogen-bond donors (Lipinski definition) is 1. The van der Waals surface area contributed by atoms with Crippen molar-refractivity contribution in [3.63, 3.8) is 0 Å². The summed E-state index contributed by atoms with van der Waals surface area (Å²) in [5.74, 6) is 1.25. The highest BCUT2D eigenvalue weighted by atomic mass is 32.2. The van der Waals surface area contributed by atoms with E-state index in [0.717, 1.165) is 17.8 Å². The molecular formula is C13H25N3S. The summed E-state index contributed by atoms with van der Waals surface area (Å²) in [5, 5.41) is 0.792. The molecule has 4 heteroatoms. The van der Waals surface area contributed by atoms with Crippen molar-refractivity contribution in [3.8, 4) is 0 Å². The van der Waals surface area contributed by atoms with Crippen molar-refractivity contribution < 1.29 is 0 Å². The van der Waals surface area contributed by atoms with Crippen LogP contribution in [0.2, 0.25) is 0 Å². The minimum atomic E-state index is 0.318. The van der Waals surface area contributed by atoms with Crippen molar-refractivity contribution in [3.05, 3.63) is 0 Å². The summed E-state index contributed by atoms with van der Waals surface area (Å²) in [4.78, 5) is 5.42. The molecule has 0 amide bonds. The molecule has 0 spiro atoms. The third kappa shape index (κ3) is 2.14. The summed E-state index contributed by atoms with van der Waals surface area (Å²) in [6.07, 6.45) is 4.10. The molecule has 3 atom stereocenters. The predicted octanol–water partition coefficient (Wildman–Crippen LogP) is 0.989. The van der Waals surface area contributed by atoms with Crippen LogP contribution in [-0.2, 0) is 0 Å². The van der Waals surface area contributed by atoms with Crippen molar-refractivity contribution >= 4 is 11.8 Å². The van der Waals surface area contributed by atoms with Crippen LogP contribution in [0.15, 0.2) is 0 Å². The van der Waals surface area contributed by atoms with Crippen LogP contribution < -0.4 is 5.73 Å². The average molecular weight is 255 g/mol. The molecule has 0 saturated carbocycles. The van der Waals surface area contributed by atoms with Crippen LogP contribution in [0, 0.1) is 0 Å². The molecule has 3 rings (SSSR count). The van der Waals surface area contributed by atoms with E-state index in [1.165, 1.54) is 51.2 Å². The quantitative estimate of drug-likeness (QED) is 0.797. The van der Waals surface area contributed by atoms with Gasteiger partial charge in [0, 0.05) is 48.8 Å². The van der Waals surface area contributed by atoms with Crippen molar-refractivity contribution in [2.45, 2.75) is 43.0 Å². The Kier molecular flexibility index (Phi) is 3.41. The molecule has 3 fully saturated rings. The Hall–Kier alpha value is 0.230. The van der Waals surface area contributed by atoms with Gasteiger partial charge in [-0.3, -0.25) is 9.80 Å². The zero-order valence-corrected chi connectivity index (χ0v) is 11.7. The van der Waals surface area contributed by atoms with Crippen molar-refractivity contribution in [2.24, 2.45) is 5.73 Å². The van der Waals surface area contributed by atoms with Gasteiger partial charge in [-0.2, -0.15) is 11.8 Å². The number of nitrogens with zero attached hydrogens (tertiary/aromatic N) is 2. The minimum absolute atomic E-state index is 0.318. The summed E-state index contributed by atoms with van der Waals surface area (Å²) in [6.45, 7) is 8.31. The molecule has 0 aromatic rings. The maximum Gasteiger partial charge on any atom is 0.0433 e. The highest BCUT2D eigenvalue weighted by Crippen LogP contribution is 2.39. The van der Waals surface area contributed by atoms with Gasteiger partial charge in [0.25, 0.3) is 0 Å². The molecule has 17 heavy (non-hydrogen) atoms. The van der Waals surface area contributed by atoms with Crippen LogP contribution >= 0.6 is 11.8 Å². The van der Waals surface area contributed by atoms with E-state index in [0.29, 0.717) is 5.54 Å². The van der Waals surface area contributed by atoms with Gasteiger partial charge in [0.1, 0.15) is 0 Å². The monoisotopic (exact) mass is 255 g/mol. The van der Waals surface area contributed by atoms with Crippen molar-refractivity contribution in [1.82, 2.24) is 9.80 Å². The van der Waals surface area contributed by atoms with Crippen molar-refractivity contribution in [2.75, 3.05) is 38.5 Å². The standard InChI is InChI=1S/C13H25N3S/c1-11-7-13(9-14,10-17-11)16-6-5-15-4-2-3-12(15)8-16/h11-12H,2-10,14H2,1H3. The van der Waals surface area contributed by atoms with E-state index in [1.807, 2.05) is 0 Å². The lowest BCUT2D eigenvalue weighted by atomic mass is 9.92. The SMILES string of the molecule is CC1CC(CN)(N2CCN3CCCC3C2)CS1. The summed E-state index contributed by atoms with van der Waals surface area (Å²) in [5.41, 5.74) is 6.45. The summed E-state index contributed by atoms with van der Waals surface area (Å²) in [7, 11) is 0. The molecule has 0 aliphatic carbocycles. The Balaban J connectivity index is 1.71. The maximum absolute atomic E-state index is 6.13. The fourth-order valence-electron chi connectivity index (χ4n) is 3.86. The lowest BCUT2D eigenvalue weighted by Gasteiger charge is -2.47. The first-order valence-electron chi connectivity index (χ1n) is 7.04. The Labute approximate surface area is 109 Å². The third-order valence-electron chi connectivity index (χ3n) is 4.94. The second kappa shape index (κ2) is 4.72. The minimum Gasteiger partial charge on any atom is -0.329 e. The molecule has 3 aliphatic rings. The Morgan fingerprint density at radius 3 is 2.94 bits per heavy atom. The molecule has 0 radical (unpaired) electrons. The average Bonchev–Trinajstić information content (AvgIpc) is 2.94. The van der Waals surface area contributed by atoms with E-state index >= 15 is 0 Å². The normalized spacial score (nSPS) is 44.1. The van der Waals surface area contributed by atoms with E-state index in [2.05, 4.69) is 28.5 Å². The van der Waals surface area contributed by atoms with Gasteiger partial charge in [-0.15, -0.1) is 0 Å². The number of nitrogens with two attached hydrogens (primary N) is 1. The number of hydrogen-bond acceptors (Lipinski definition) is 4. The number of fused-ring (bicyclic) bond motifs is 1. The molecule has 98 valence electrons. The van der Waals surface area contributed by atoms with E-state index < -0.39 is 0 Å². The van der Waals surface area contributed by atoms with Crippen LogP contribution in [-0.4, -0.2) is 65.1 Å². The fourth-order valence-corrected chi connectivity index (χ4v) is 5.31. The summed E-state index contributed by atoms with van der Waals surface area (Å²) >= 11 is 2.11. The number of rotatable bonds is 2. The van der Waals surface area contributed by atoms with Gasteiger partial charge in [-0.1, -0.05) is 6.92 Å². The van der Waals surface area contributed by atoms with E-state index in [4.69, 9.17) is 5.73 Å². The highest BCUT2D eigenvalue weighted by Gasteiger charge is 2.45. The summed E-state index contributed by atoms with van der Waals surface area (Å²) < 4.78 is 0. The lowest BCUT2D eigenvalue weighted by Crippen LogP contribution is -2.62. The van der Waals surface area contributed by atoms with E-state index in [1.54, 1.807) is 0 Å². The first-order chi connectivity index (χ1) is 8.23. The van der Waals surface area contributed by atoms with Crippen LogP contribution in [0.4, 0.5) is 0 Å². The topological polar surface area (TPSA) is 32.5 Å². The molecule has 3 unspecified atom stereocenters. The fraction of sp³-hybridized carbons (Fsp3) is 1.00. The lowest BCUT2D eigenvalue weighted by molar-refractivity contribution is 0.0291. The van der Waals surface area contributed by atoms with Crippen molar-refractivity contribution in [1.29, 1.82) is 0 Å². The van der Waals surface area contributed by atoms with Gasteiger partial charge >= 0.3 is 0 Å². The molecule has 3 aliphatic heterocycles. The number of thioether (sulfide) groups is 1. The van der Waals surface area contributed by atoms with Crippen LogP contribution in [0.5, 0.6) is 0 Å². The Morgan fingerprint density at radius 1 is 1.35 bits per heavy atom. The molecule has 3 nitrogen and oxygen atoms in total. The van der Waals surface area contributed by atoms with E-state index in [9.17, 15) is 0 Å². The maximum atomic E-state index is 6.13. The molecule has 0 aromatic carbocycles. The first kappa shape index (κ1) is 12.3. The molecular weight excluding hydrogens is 230 g/mol. The molecule has 3 saturated heterocycles. The number of piperazine rings is 1. The van der Waals surface area contributed by atoms with Gasteiger partial charge in [-0.05, 0) is 25.8 Å². The van der Waals surface area contributed by atoms with Crippen LogP contribution in [0.25, 0.3) is 0 Å². The second-order valence-corrected chi connectivity index (χ2v) is 7.46. The smallest absolute Gasteiger partial charge is 0.0433 e. The van der Waals surface area contributed by atoms with E-state index in [-0.39, 0.29) is 0 Å². The first-order valence-corrected chi connectivity index (χ1v) is 8.09. The second-order valence-electron chi connectivity index (χ2n) is 6.03. The highest BCUT2D eigenvalue weighted by molar-refractivity contribution is 8.00. The molecule has 0 bridgehead atoms. The van der Waals surface area contributed by atoms with Crippen LogP contribution in [0.3, 0.4) is 0 Å². The zero-order chi connectivity index (χ0) is 11.9.